The maximum atomic E-state index is 13.8. The van der Waals surface area contributed by atoms with Gasteiger partial charge in [0.2, 0.25) is 5.76 Å². The third kappa shape index (κ3) is 5.58. The fourth-order valence-electron chi connectivity index (χ4n) is 5.18. The van der Waals surface area contributed by atoms with E-state index in [0.717, 1.165) is 37.1 Å². The predicted molar refractivity (Wildman–Crippen MR) is 151 cm³/mol. The molecule has 0 bridgehead atoms. The van der Waals surface area contributed by atoms with Crippen LogP contribution in [0.15, 0.2) is 45.6 Å². The van der Waals surface area contributed by atoms with Crippen molar-refractivity contribution in [2.45, 2.75) is 59.4 Å². The molecule has 0 saturated heterocycles. The summed E-state index contributed by atoms with van der Waals surface area (Å²) >= 11 is 0. The van der Waals surface area contributed by atoms with Crippen LogP contribution in [-0.2, 0) is 0 Å². The highest BCUT2D eigenvalue weighted by Gasteiger charge is 2.43. The number of hydrogen-bond acceptors (Lipinski definition) is 6. The van der Waals surface area contributed by atoms with Crippen LogP contribution < -0.4 is 14.9 Å². The van der Waals surface area contributed by atoms with Crippen LogP contribution in [-0.4, -0.2) is 55.6 Å². The highest BCUT2D eigenvalue weighted by atomic mass is 16.5. The lowest BCUT2D eigenvalue weighted by Gasteiger charge is -2.28. The second kappa shape index (κ2) is 12.5. The molecule has 1 aromatic heterocycles. The molecule has 0 saturated carbocycles. The zero-order chi connectivity index (χ0) is 27.2. The average Bonchev–Trinajstić information content (AvgIpc) is 3.21. The molecule has 38 heavy (non-hydrogen) atoms. The molecule has 204 valence electrons. The van der Waals surface area contributed by atoms with E-state index in [1.54, 1.807) is 18.1 Å². The van der Waals surface area contributed by atoms with E-state index in [4.69, 9.17) is 13.9 Å². The second-order valence-electron chi connectivity index (χ2n) is 9.92. The van der Waals surface area contributed by atoms with E-state index in [0.29, 0.717) is 47.7 Å². The van der Waals surface area contributed by atoms with Crippen LogP contribution in [0.4, 0.5) is 0 Å². The van der Waals surface area contributed by atoms with Crippen molar-refractivity contribution >= 4 is 16.9 Å². The van der Waals surface area contributed by atoms with E-state index < -0.39 is 6.04 Å². The molecule has 0 N–H and O–H groups in total. The van der Waals surface area contributed by atoms with Crippen molar-refractivity contribution in [2.75, 3.05) is 39.9 Å². The lowest BCUT2D eigenvalue weighted by Crippen LogP contribution is -2.37. The summed E-state index contributed by atoms with van der Waals surface area (Å²) in [5.74, 6) is 1.12. The van der Waals surface area contributed by atoms with E-state index >= 15 is 0 Å². The van der Waals surface area contributed by atoms with Crippen LogP contribution in [0.5, 0.6) is 11.5 Å². The number of aryl methyl sites for hydroxylation is 1. The van der Waals surface area contributed by atoms with Gasteiger partial charge in [0.25, 0.3) is 5.91 Å². The second-order valence-corrected chi connectivity index (χ2v) is 9.92. The van der Waals surface area contributed by atoms with Crippen molar-refractivity contribution in [1.29, 1.82) is 0 Å². The normalized spacial score (nSPS) is 14.9. The van der Waals surface area contributed by atoms with Gasteiger partial charge < -0.3 is 23.7 Å². The average molecular weight is 521 g/mol. The van der Waals surface area contributed by atoms with Crippen LogP contribution in [0, 0.1) is 6.92 Å². The molecule has 3 aromatic rings. The molecule has 1 unspecified atom stereocenters. The Kier molecular flexibility index (Phi) is 9.10. The molecule has 1 aliphatic heterocycles. The maximum absolute atomic E-state index is 13.8. The number of fused-ring (bicyclic) bond motifs is 2. The van der Waals surface area contributed by atoms with E-state index in [1.807, 2.05) is 37.3 Å². The Morgan fingerprint density at radius 2 is 1.76 bits per heavy atom. The van der Waals surface area contributed by atoms with Crippen molar-refractivity contribution in [2.24, 2.45) is 0 Å². The highest BCUT2D eigenvalue weighted by Crippen LogP contribution is 2.41. The van der Waals surface area contributed by atoms with Crippen LogP contribution in [0.1, 0.15) is 79.7 Å². The number of ether oxygens (including phenoxy) is 2. The van der Waals surface area contributed by atoms with Crippen LogP contribution in [0.25, 0.3) is 11.0 Å². The first-order valence-electron chi connectivity index (χ1n) is 13.8. The Hall–Kier alpha value is -3.32. The number of carbonyl (C=O) groups excluding carboxylic acids is 1. The van der Waals surface area contributed by atoms with E-state index in [9.17, 15) is 9.59 Å². The number of nitrogens with zero attached hydrogens (tertiary/aromatic N) is 2. The number of carbonyl (C=O) groups is 1. The van der Waals surface area contributed by atoms with Gasteiger partial charge in [-0.25, -0.2) is 0 Å². The highest BCUT2D eigenvalue weighted by molar-refractivity contribution is 5.99. The number of unbranched alkanes of at least 4 members (excludes halogenated alkanes) is 3. The number of likely N-dealkylation sites (N-methyl/N-ethyl adjacent to an activating group) is 1. The van der Waals surface area contributed by atoms with Crippen molar-refractivity contribution in [3.63, 3.8) is 0 Å². The number of benzene rings is 2. The molecule has 1 atom stereocenters. The van der Waals surface area contributed by atoms with Gasteiger partial charge in [-0.05, 0) is 56.3 Å². The minimum atomic E-state index is -0.568. The molecular weight excluding hydrogens is 480 g/mol. The summed E-state index contributed by atoms with van der Waals surface area (Å²) in [6, 6.07) is 10.6. The summed E-state index contributed by atoms with van der Waals surface area (Å²) in [6.45, 7) is 11.9. The fourth-order valence-corrected chi connectivity index (χ4v) is 5.18. The monoisotopic (exact) mass is 520 g/mol. The molecule has 7 nitrogen and oxygen atoms in total. The van der Waals surface area contributed by atoms with Crippen molar-refractivity contribution in [3.8, 4) is 11.5 Å². The van der Waals surface area contributed by atoms with Gasteiger partial charge in [-0.2, -0.15) is 0 Å². The largest absolute Gasteiger partial charge is 0.493 e. The minimum absolute atomic E-state index is 0.131. The molecule has 2 aromatic carbocycles. The third-order valence-electron chi connectivity index (χ3n) is 7.43. The first-order valence-corrected chi connectivity index (χ1v) is 13.8. The standard InChI is InChI=1S/C31H40N2O5/c1-6-9-10-11-18-37-25-15-13-22(20-26(25)36-5)28-27-29(34)23-19-21(4)12-14-24(23)38-30(27)31(35)33(28)17-16-32(7-2)8-3/h12-15,19-20,28H,6-11,16-18H2,1-5H3. The summed E-state index contributed by atoms with van der Waals surface area (Å²) < 4.78 is 17.8. The van der Waals surface area contributed by atoms with Crippen LogP contribution in [0.3, 0.4) is 0 Å². The van der Waals surface area contributed by atoms with Gasteiger partial charge in [-0.15, -0.1) is 0 Å². The fraction of sp³-hybridized carbons (Fsp3) is 0.484. The van der Waals surface area contributed by atoms with Gasteiger partial charge in [0, 0.05) is 13.1 Å². The lowest BCUT2D eigenvalue weighted by atomic mass is 9.97. The molecule has 1 amide bonds. The third-order valence-corrected chi connectivity index (χ3v) is 7.43. The Labute approximate surface area is 225 Å². The SMILES string of the molecule is CCCCCCOc1ccc(C2c3c(oc4ccc(C)cc4c3=O)C(=O)N2CCN(CC)CC)cc1OC. The van der Waals surface area contributed by atoms with E-state index in [1.165, 1.54) is 12.8 Å². The van der Waals surface area contributed by atoms with Crippen molar-refractivity contribution in [1.82, 2.24) is 9.80 Å². The molecule has 0 fully saturated rings. The van der Waals surface area contributed by atoms with E-state index in [2.05, 4.69) is 25.7 Å². The Morgan fingerprint density at radius 1 is 0.974 bits per heavy atom. The molecule has 0 spiro atoms. The Balaban J connectivity index is 1.75. The molecule has 4 rings (SSSR count). The number of amides is 1. The topological polar surface area (TPSA) is 72.2 Å². The number of hydrogen-bond donors (Lipinski definition) is 0. The Bertz CT molecular complexity index is 1330. The van der Waals surface area contributed by atoms with Gasteiger partial charge in [-0.3, -0.25) is 9.59 Å². The minimum Gasteiger partial charge on any atom is -0.493 e. The number of rotatable bonds is 13. The molecule has 1 aliphatic rings. The van der Waals surface area contributed by atoms with Crippen molar-refractivity contribution in [3.05, 3.63) is 69.1 Å². The van der Waals surface area contributed by atoms with E-state index in [-0.39, 0.29) is 17.1 Å². The molecule has 0 radical (unpaired) electrons. The molecule has 0 aliphatic carbocycles. The zero-order valence-corrected chi connectivity index (χ0v) is 23.3. The van der Waals surface area contributed by atoms with Gasteiger partial charge in [0.05, 0.1) is 30.7 Å². The number of methoxy groups -OCH3 is 1. The van der Waals surface area contributed by atoms with Crippen LogP contribution >= 0.6 is 0 Å². The summed E-state index contributed by atoms with van der Waals surface area (Å²) in [5, 5.41) is 0.492. The van der Waals surface area contributed by atoms with Gasteiger partial charge in [0.1, 0.15) is 5.58 Å². The summed E-state index contributed by atoms with van der Waals surface area (Å²) in [6.07, 6.45) is 4.47. The first kappa shape index (κ1) is 27.7. The van der Waals surface area contributed by atoms with Crippen LogP contribution in [0.2, 0.25) is 0 Å². The summed E-state index contributed by atoms with van der Waals surface area (Å²) in [4.78, 5) is 31.6. The lowest BCUT2D eigenvalue weighted by molar-refractivity contribution is 0.0708. The zero-order valence-electron chi connectivity index (χ0n) is 23.3. The molecule has 7 heteroatoms. The van der Waals surface area contributed by atoms with Gasteiger partial charge >= 0.3 is 0 Å². The quantitative estimate of drug-likeness (QED) is 0.259. The molecule has 2 heterocycles. The smallest absolute Gasteiger partial charge is 0.290 e. The molecular formula is C31H40N2O5. The predicted octanol–water partition coefficient (Wildman–Crippen LogP) is 5.96. The first-order chi connectivity index (χ1) is 18.4. The Morgan fingerprint density at radius 3 is 2.47 bits per heavy atom. The summed E-state index contributed by atoms with van der Waals surface area (Å²) in [7, 11) is 1.61. The van der Waals surface area contributed by atoms with Crippen molar-refractivity contribution < 1.29 is 18.7 Å². The maximum Gasteiger partial charge on any atom is 0.290 e. The van der Waals surface area contributed by atoms with Gasteiger partial charge in [-0.1, -0.05) is 57.7 Å². The summed E-state index contributed by atoms with van der Waals surface area (Å²) in [5.41, 5.74) is 2.42. The van der Waals surface area contributed by atoms with Gasteiger partial charge in [0.15, 0.2) is 16.9 Å².